The van der Waals surface area contributed by atoms with Crippen molar-refractivity contribution in [3.63, 3.8) is 0 Å². The van der Waals surface area contributed by atoms with Crippen LogP contribution in [0.3, 0.4) is 0 Å². The summed E-state index contributed by atoms with van der Waals surface area (Å²) in [5.41, 5.74) is 2.70. The van der Waals surface area contributed by atoms with Crippen LogP contribution in [0.25, 0.3) is 0 Å². The van der Waals surface area contributed by atoms with Gasteiger partial charge in [0.2, 0.25) is 10.0 Å². The molecule has 1 saturated carbocycles. The Morgan fingerprint density at radius 3 is 2.29 bits per heavy atom. The van der Waals surface area contributed by atoms with E-state index in [2.05, 4.69) is 10.8 Å². The van der Waals surface area contributed by atoms with Gasteiger partial charge in [0.1, 0.15) is 12.4 Å². The number of amides is 1. The van der Waals surface area contributed by atoms with Gasteiger partial charge in [0.05, 0.1) is 11.4 Å². The lowest BCUT2D eigenvalue weighted by Gasteiger charge is -2.18. The van der Waals surface area contributed by atoms with Crippen molar-refractivity contribution in [2.45, 2.75) is 37.6 Å². The Kier molecular flexibility index (Phi) is 6.05. The molecule has 0 spiro atoms. The fraction of sp³-hybridized carbons (Fsp3) is 0.381. The molecule has 7 heteroatoms. The van der Waals surface area contributed by atoms with Gasteiger partial charge >= 0.3 is 0 Å². The van der Waals surface area contributed by atoms with Crippen LogP contribution < -0.4 is 9.46 Å². The molecule has 0 atom stereocenters. The minimum atomic E-state index is -3.51. The Morgan fingerprint density at radius 2 is 1.71 bits per heavy atom. The minimum Gasteiger partial charge on any atom is -0.492 e. The van der Waals surface area contributed by atoms with Crippen molar-refractivity contribution < 1.29 is 17.9 Å². The predicted molar refractivity (Wildman–Crippen MR) is 108 cm³/mol. The van der Waals surface area contributed by atoms with E-state index < -0.39 is 10.0 Å². The smallest absolute Gasteiger partial charge is 0.253 e. The maximum atomic E-state index is 12.5. The average molecular weight is 403 g/mol. The molecule has 3 rings (SSSR count). The molecule has 2 aromatic carbocycles. The summed E-state index contributed by atoms with van der Waals surface area (Å²) >= 11 is 0. The monoisotopic (exact) mass is 402 g/mol. The van der Waals surface area contributed by atoms with Crippen LogP contribution in [0.1, 0.15) is 34.3 Å². The lowest BCUT2D eigenvalue weighted by atomic mass is 10.1. The minimum absolute atomic E-state index is 0.0506. The van der Waals surface area contributed by atoms with E-state index in [0.29, 0.717) is 18.7 Å². The first-order chi connectivity index (χ1) is 13.2. The van der Waals surface area contributed by atoms with E-state index in [-0.39, 0.29) is 16.8 Å². The Morgan fingerprint density at radius 1 is 1.11 bits per heavy atom. The molecule has 1 aliphatic rings. The quantitative estimate of drug-likeness (QED) is 0.737. The molecule has 0 saturated heterocycles. The van der Waals surface area contributed by atoms with Crippen LogP contribution in [0.5, 0.6) is 5.75 Å². The number of rotatable bonds is 8. The third kappa shape index (κ3) is 5.33. The standard InChI is InChI=1S/C21H26N2O4S/c1-15-12-16(2)14-19(13-15)27-11-10-23(3)21(24)17-4-8-20(9-5-17)28(25,26)22-18-6-7-18/h4-5,8-9,12-14,18,22H,6-7,10-11H2,1-3H3. The number of hydrogen-bond acceptors (Lipinski definition) is 4. The van der Waals surface area contributed by atoms with E-state index in [4.69, 9.17) is 4.74 Å². The highest BCUT2D eigenvalue weighted by atomic mass is 32.2. The van der Waals surface area contributed by atoms with Crippen molar-refractivity contribution >= 4 is 15.9 Å². The van der Waals surface area contributed by atoms with Crippen molar-refractivity contribution in [2.24, 2.45) is 0 Å². The summed E-state index contributed by atoms with van der Waals surface area (Å²) in [6.07, 6.45) is 1.76. The molecule has 1 fully saturated rings. The van der Waals surface area contributed by atoms with E-state index in [1.54, 1.807) is 24.1 Å². The fourth-order valence-corrected chi connectivity index (χ4v) is 4.21. The number of carbonyl (C=O) groups is 1. The van der Waals surface area contributed by atoms with Crippen molar-refractivity contribution in [1.29, 1.82) is 0 Å². The number of likely N-dealkylation sites (N-methyl/N-ethyl adjacent to an activating group) is 1. The van der Waals surface area contributed by atoms with Crippen molar-refractivity contribution in [3.8, 4) is 5.75 Å². The molecule has 1 aliphatic carbocycles. The van der Waals surface area contributed by atoms with Gasteiger partial charge in [0.15, 0.2) is 0 Å². The van der Waals surface area contributed by atoms with Crippen LogP contribution in [0, 0.1) is 13.8 Å². The molecule has 6 nitrogen and oxygen atoms in total. The summed E-state index contributed by atoms with van der Waals surface area (Å²) in [5.74, 6) is 0.610. The van der Waals surface area contributed by atoms with E-state index in [0.717, 1.165) is 29.7 Å². The van der Waals surface area contributed by atoms with Gasteiger partial charge in [-0.25, -0.2) is 13.1 Å². The molecule has 0 heterocycles. The van der Waals surface area contributed by atoms with Gasteiger partial charge in [-0.3, -0.25) is 4.79 Å². The molecule has 0 radical (unpaired) electrons. The normalized spacial score (nSPS) is 14.0. The van der Waals surface area contributed by atoms with Gasteiger partial charge in [-0.2, -0.15) is 0 Å². The lowest BCUT2D eigenvalue weighted by molar-refractivity contribution is 0.0773. The van der Waals surface area contributed by atoms with E-state index in [9.17, 15) is 13.2 Å². The average Bonchev–Trinajstić information content (AvgIpc) is 3.43. The molecule has 1 N–H and O–H groups in total. The van der Waals surface area contributed by atoms with Crippen LogP contribution in [-0.4, -0.2) is 45.5 Å². The molecular weight excluding hydrogens is 376 g/mol. The molecule has 0 aliphatic heterocycles. The summed E-state index contributed by atoms with van der Waals surface area (Å²) < 4.78 is 32.8. The van der Waals surface area contributed by atoms with E-state index in [1.165, 1.54) is 12.1 Å². The Bertz CT molecular complexity index is 931. The molecule has 1 amide bonds. The topological polar surface area (TPSA) is 75.7 Å². The molecule has 0 unspecified atom stereocenters. The molecule has 0 aromatic heterocycles. The lowest BCUT2D eigenvalue weighted by Crippen LogP contribution is -2.31. The van der Waals surface area contributed by atoms with Gasteiger partial charge in [-0.1, -0.05) is 6.07 Å². The summed E-state index contributed by atoms with van der Waals surface area (Å²) in [6, 6.07) is 12.1. The zero-order valence-corrected chi connectivity index (χ0v) is 17.3. The first-order valence-electron chi connectivity index (χ1n) is 9.33. The Balaban J connectivity index is 1.55. The zero-order valence-electron chi connectivity index (χ0n) is 16.4. The summed E-state index contributed by atoms with van der Waals surface area (Å²) in [6.45, 7) is 4.83. The van der Waals surface area contributed by atoms with Gasteiger partial charge < -0.3 is 9.64 Å². The first-order valence-corrected chi connectivity index (χ1v) is 10.8. The van der Waals surface area contributed by atoms with Crippen LogP contribution in [0.2, 0.25) is 0 Å². The number of hydrogen-bond donors (Lipinski definition) is 1. The van der Waals surface area contributed by atoms with Crippen molar-refractivity contribution in [2.75, 3.05) is 20.2 Å². The molecule has 150 valence electrons. The molecule has 2 aromatic rings. The maximum absolute atomic E-state index is 12.5. The highest BCUT2D eigenvalue weighted by molar-refractivity contribution is 7.89. The van der Waals surface area contributed by atoms with Gasteiger partial charge in [0.25, 0.3) is 5.91 Å². The Labute approximate surface area is 166 Å². The van der Waals surface area contributed by atoms with Gasteiger partial charge in [-0.05, 0) is 74.2 Å². The Hall–Kier alpha value is -2.38. The van der Waals surface area contributed by atoms with Gasteiger partial charge in [0, 0.05) is 18.7 Å². The first kappa shape index (κ1) is 20.4. The third-order valence-corrected chi connectivity index (χ3v) is 6.08. The summed E-state index contributed by atoms with van der Waals surface area (Å²) in [4.78, 5) is 14.3. The highest BCUT2D eigenvalue weighted by Crippen LogP contribution is 2.22. The number of nitrogens with zero attached hydrogens (tertiary/aromatic N) is 1. The van der Waals surface area contributed by atoms with Crippen LogP contribution in [0.15, 0.2) is 47.4 Å². The third-order valence-electron chi connectivity index (χ3n) is 4.55. The highest BCUT2D eigenvalue weighted by Gasteiger charge is 2.28. The van der Waals surface area contributed by atoms with Gasteiger partial charge in [-0.15, -0.1) is 0 Å². The van der Waals surface area contributed by atoms with E-state index in [1.807, 2.05) is 26.0 Å². The fourth-order valence-electron chi connectivity index (χ4n) is 2.90. The van der Waals surface area contributed by atoms with E-state index >= 15 is 0 Å². The summed E-state index contributed by atoms with van der Waals surface area (Å²) in [7, 11) is -1.81. The van der Waals surface area contributed by atoms with Crippen molar-refractivity contribution in [3.05, 3.63) is 59.2 Å². The summed E-state index contributed by atoms with van der Waals surface area (Å²) in [5, 5.41) is 0. The second-order valence-corrected chi connectivity index (χ2v) is 9.03. The maximum Gasteiger partial charge on any atom is 0.253 e. The zero-order chi connectivity index (χ0) is 20.3. The van der Waals surface area contributed by atoms with Crippen LogP contribution >= 0.6 is 0 Å². The number of nitrogens with one attached hydrogen (secondary N) is 1. The van der Waals surface area contributed by atoms with Crippen LogP contribution in [0.4, 0.5) is 0 Å². The second-order valence-electron chi connectivity index (χ2n) is 7.32. The molecule has 28 heavy (non-hydrogen) atoms. The SMILES string of the molecule is Cc1cc(C)cc(OCCN(C)C(=O)c2ccc(S(=O)(=O)NC3CC3)cc2)c1. The number of ether oxygens (including phenoxy) is 1. The largest absolute Gasteiger partial charge is 0.492 e. The molecular formula is C21H26N2O4S. The number of benzene rings is 2. The number of carbonyl (C=O) groups excluding carboxylic acids is 1. The molecule has 0 bridgehead atoms. The predicted octanol–water partition coefficient (Wildman–Crippen LogP) is 2.90. The van der Waals surface area contributed by atoms with Crippen LogP contribution in [-0.2, 0) is 10.0 Å². The number of sulfonamides is 1. The van der Waals surface area contributed by atoms with Crippen molar-refractivity contribution in [1.82, 2.24) is 9.62 Å². The number of aryl methyl sites for hydroxylation is 2. The second kappa shape index (κ2) is 8.32.